The Bertz CT molecular complexity index is 892. The normalized spacial score (nSPS) is 10.5. The Morgan fingerprint density at radius 3 is 2.14 bits per heavy atom. The van der Waals surface area contributed by atoms with Gasteiger partial charge in [0.05, 0.1) is 13.7 Å². The van der Waals surface area contributed by atoms with Gasteiger partial charge in [-0.3, -0.25) is 0 Å². The van der Waals surface area contributed by atoms with Crippen molar-refractivity contribution in [1.82, 2.24) is 0 Å². The minimum atomic E-state index is -0.711. The number of benzene rings is 2. The molecule has 0 saturated carbocycles. The van der Waals surface area contributed by atoms with Crippen LogP contribution in [0.3, 0.4) is 0 Å². The number of aromatic hydroxyl groups is 2. The van der Waals surface area contributed by atoms with Crippen molar-refractivity contribution in [3.8, 4) is 23.0 Å². The standard InChI is InChI=1S/C21H24O7/c1-6-7-27-20(24)17-11(2)8-14(10-16(17)23)28-21(25)18-12(3)9-15(22)13(4)19(18)26-5/h8-10,22-23H,6-7H2,1-5H3. The van der Waals surface area contributed by atoms with Gasteiger partial charge < -0.3 is 24.4 Å². The molecule has 2 rings (SSSR count). The van der Waals surface area contributed by atoms with Gasteiger partial charge in [-0.25, -0.2) is 9.59 Å². The lowest BCUT2D eigenvalue weighted by Crippen LogP contribution is -2.14. The zero-order chi connectivity index (χ0) is 21.0. The zero-order valence-corrected chi connectivity index (χ0v) is 16.6. The predicted octanol–water partition coefficient (Wildman–Crippen LogP) is 3.82. The van der Waals surface area contributed by atoms with E-state index in [1.807, 2.05) is 6.92 Å². The molecule has 0 fully saturated rings. The second-order valence-electron chi connectivity index (χ2n) is 6.41. The first-order chi connectivity index (χ1) is 13.2. The Balaban J connectivity index is 2.36. The number of carbonyl (C=O) groups is 2. The molecule has 0 aliphatic rings. The summed E-state index contributed by atoms with van der Waals surface area (Å²) in [5.74, 6) is -1.40. The third kappa shape index (κ3) is 4.19. The van der Waals surface area contributed by atoms with Gasteiger partial charge in [0, 0.05) is 11.6 Å². The van der Waals surface area contributed by atoms with E-state index in [0.717, 1.165) is 0 Å². The molecule has 28 heavy (non-hydrogen) atoms. The van der Waals surface area contributed by atoms with E-state index < -0.39 is 11.9 Å². The van der Waals surface area contributed by atoms with Crippen LogP contribution in [0.1, 0.15) is 50.8 Å². The van der Waals surface area contributed by atoms with Crippen molar-refractivity contribution in [1.29, 1.82) is 0 Å². The second-order valence-corrected chi connectivity index (χ2v) is 6.41. The molecule has 0 heterocycles. The van der Waals surface area contributed by atoms with Gasteiger partial charge >= 0.3 is 11.9 Å². The molecule has 0 aliphatic heterocycles. The average molecular weight is 388 g/mol. The van der Waals surface area contributed by atoms with Crippen LogP contribution in [0.25, 0.3) is 0 Å². The first kappa shape index (κ1) is 21.1. The molecule has 0 aliphatic carbocycles. The summed E-state index contributed by atoms with van der Waals surface area (Å²) in [6.07, 6.45) is 0.661. The van der Waals surface area contributed by atoms with Crippen LogP contribution in [-0.2, 0) is 4.74 Å². The second kappa shape index (κ2) is 8.65. The molecule has 0 amide bonds. The van der Waals surface area contributed by atoms with Crippen LogP contribution in [-0.4, -0.2) is 35.9 Å². The number of hydrogen-bond acceptors (Lipinski definition) is 7. The molecular formula is C21H24O7. The van der Waals surface area contributed by atoms with Gasteiger partial charge in [0.2, 0.25) is 0 Å². The van der Waals surface area contributed by atoms with Crippen LogP contribution in [0, 0.1) is 20.8 Å². The van der Waals surface area contributed by atoms with E-state index >= 15 is 0 Å². The Kier molecular flexibility index (Phi) is 6.51. The fourth-order valence-corrected chi connectivity index (χ4v) is 2.86. The van der Waals surface area contributed by atoms with Gasteiger partial charge in [-0.05, 0) is 50.5 Å². The van der Waals surface area contributed by atoms with Crippen molar-refractivity contribution < 1.29 is 34.0 Å². The highest BCUT2D eigenvalue weighted by atomic mass is 16.5. The molecule has 2 aromatic carbocycles. The van der Waals surface area contributed by atoms with Crippen LogP contribution >= 0.6 is 0 Å². The van der Waals surface area contributed by atoms with Gasteiger partial charge in [0.15, 0.2) is 0 Å². The summed E-state index contributed by atoms with van der Waals surface area (Å²) >= 11 is 0. The van der Waals surface area contributed by atoms with Gasteiger partial charge in [-0.2, -0.15) is 0 Å². The van der Waals surface area contributed by atoms with E-state index in [4.69, 9.17) is 14.2 Å². The van der Waals surface area contributed by atoms with Crippen molar-refractivity contribution >= 4 is 11.9 Å². The van der Waals surface area contributed by atoms with Crippen LogP contribution in [0.5, 0.6) is 23.0 Å². The van der Waals surface area contributed by atoms with Crippen molar-refractivity contribution in [2.45, 2.75) is 34.1 Å². The van der Waals surface area contributed by atoms with E-state index in [9.17, 15) is 19.8 Å². The number of phenolic OH excluding ortho intramolecular Hbond substituents is 2. The number of phenols is 2. The molecule has 0 atom stereocenters. The number of aryl methyl sites for hydroxylation is 2. The smallest absolute Gasteiger partial charge is 0.347 e. The zero-order valence-electron chi connectivity index (χ0n) is 16.6. The molecule has 2 N–H and O–H groups in total. The van der Waals surface area contributed by atoms with Crippen molar-refractivity contribution in [2.75, 3.05) is 13.7 Å². The Labute approximate surface area is 163 Å². The molecule has 7 nitrogen and oxygen atoms in total. The number of hydrogen-bond donors (Lipinski definition) is 2. The summed E-state index contributed by atoms with van der Waals surface area (Å²) in [6, 6.07) is 4.10. The summed E-state index contributed by atoms with van der Waals surface area (Å²) in [5, 5.41) is 20.1. The lowest BCUT2D eigenvalue weighted by Gasteiger charge is -2.15. The average Bonchev–Trinajstić information content (AvgIpc) is 2.61. The number of methoxy groups -OCH3 is 1. The molecule has 0 radical (unpaired) electrons. The molecule has 2 aromatic rings. The Morgan fingerprint density at radius 2 is 1.57 bits per heavy atom. The number of carbonyl (C=O) groups excluding carboxylic acids is 2. The van der Waals surface area contributed by atoms with Crippen LogP contribution in [0.15, 0.2) is 18.2 Å². The van der Waals surface area contributed by atoms with E-state index in [2.05, 4.69) is 0 Å². The fourth-order valence-electron chi connectivity index (χ4n) is 2.86. The van der Waals surface area contributed by atoms with Gasteiger partial charge in [0.1, 0.15) is 34.1 Å². The van der Waals surface area contributed by atoms with Crippen molar-refractivity contribution in [3.63, 3.8) is 0 Å². The summed E-state index contributed by atoms with van der Waals surface area (Å²) in [4.78, 5) is 24.8. The molecule has 7 heteroatoms. The van der Waals surface area contributed by atoms with Crippen molar-refractivity contribution in [2.24, 2.45) is 0 Å². The minimum Gasteiger partial charge on any atom is -0.508 e. The predicted molar refractivity (Wildman–Crippen MR) is 103 cm³/mol. The molecule has 0 spiro atoms. The SMILES string of the molecule is CCCOC(=O)c1c(C)cc(OC(=O)c2c(C)cc(O)c(C)c2OC)cc1O. The first-order valence-corrected chi connectivity index (χ1v) is 8.81. The summed E-state index contributed by atoms with van der Waals surface area (Å²) in [7, 11) is 1.39. The maximum atomic E-state index is 12.7. The van der Waals surface area contributed by atoms with E-state index in [0.29, 0.717) is 23.1 Å². The summed E-state index contributed by atoms with van der Waals surface area (Å²) in [6.45, 7) is 6.98. The molecule has 150 valence electrons. The highest BCUT2D eigenvalue weighted by Gasteiger charge is 2.23. The Morgan fingerprint density at radius 1 is 0.929 bits per heavy atom. The molecule has 0 aromatic heterocycles. The summed E-state index contributed by atoms with van der Waals surface area (Å²) < 4.78 is 15.7. The van der Waals surface area contributed by atoms with Gasteiger partial charge in [-0.1, -0.05) is 6.92 Å². The van der Waals surface area contributed by atoms with E-state index in [1.54, 1.807) is 20.8 Å². The van der Waals surface area contributed by atoms with Crippen LogP contribution in [0.4, 0.5) is 0 Å². The Hall–Kier alpha value is -3.22. The quantitative estimate of drug-likeness (QED) is 0.573. The molecular weight excluding hydrogens is 364 g/mol. The fraction of sp³-hybridized carbons (Fsp3) is 0.333. The first-order valence-electron chi connectivity index (χ1n) is 8.81. The number of esters is 2. The lowest BCUT2D eigenvalue weighted by atomic mass is 10.0. The van der Waals surface area contributed by atoms with Crippen molar-refractivity contribution in [3.05, 3.63) is 46.0 Å². The summed E-state index contributed by atoms with van der Waals surface area (Å²) in [5.41, 5.74) is 1.50. The van der Waals surface area contributed by atoms with Crippen LogP contribution < -0.4 is 9.47 Å². The van der Waals surface area contributed by atoms with E-state index in [-0.39, 0.29) is 40.7 Å². The molecule has 0 saturated heterocycles. The molecule has 0 unspecified atom stereocenters. The molecule has 0 bridgehead atoms. The lowest BCUT2D eigenvalue weighted by molar-refractivity contribution is 0.0501. The minimum absolute atomic E-state index is 0.00864. The van der Waals surface area contributed by atoms with Gasteiger partial charge in [0.25, 0.3) is 0 Å². The maximum Gasteiger partial charge on any atom is 0.347 e. The van der Waals surface area contributed by atoms with E-state index in [1.165, 1.54) is 25.3 Å². The number of ether oxygens (including phenoxy) is 3. The highest BCUT2D eigenvalue weighted by Crippen LogP contribution is 2.35. The third-order valence-electron chi connectivity index (χ3n) is 4.25. The monoisotopic (exact) mass is 388 g/mol. The maximum absolute atomic E-state index is 12.7. The third-order valence-corrected chi connectivity index (χ3v) is 4.25. The van der Waals surface area contributed by atoms with Crippen LogP contribution in [0.2, 0.25) is 0 Å². The largest absolute Gasteiger partial charge is 0.508 e. The topological polar surface area (TPSA) is 102 Å². The highest BCUT2D eigenvalue weighted by molar-refractivity contribution is 5.97. The van der Waals surface area contributed by atoms with Gasteiger partial charge in [-0.15, -0.1) is 0 Å². The number of rotatable bonds is 6.